The molecule has 0 radical (unpaired) electrons. The number of benzene rings is 4. The molecule has 1 amide bonds. The van der Waals surface area contributed by atoms with Crippen LogP contribution in [0.5, 0.6) is 11.5 Å². The lowest BCUT2D eigenvalue weighted by Crippen LogP contribution is -2.28. The van der Waals surface area contributed by atoms with E-state index in [1.165, 1.54) is 0 Å². The first-order valence-corrected chi connectivity index (χ1v) is 12.5. The molecule has 5 aromatic rings. The Morgan fingerprint density at radius 1 is 0.769 bits per heavy atom. The van der Waals surface area contributed by atoms with E-state index < -0.39 is 18.5 Å². The van der Waals surface area contributed by atoms with Crippen molar-refractivity contribution in [2.75, 3.05) is 13.4 Å². The Morgan fingerprint density at radius 3 is 2.33 bits per heavy atom. The van der Waals surface area contributed by atoms with Crippen LogP contribution in [0.2, 0.25) is 0 Å². The lowest BCUT2D eigenvalue weighted by Gasteiger charge is -2.11. The van der Waals surface area contributed by atoms with Crippen LogP contribution < -0.4 is 14.8 Å². The second kappa shape index (κ2) is 10.7. The Labute approximate surface area is 225 Å². The Bertz CT molecular complexity index is 1670. The number of pyridine rings is 1. The Morgan fingerprint density at radius 2 is 1.49 bits per heavy atom. The van der Waals surface area contributed by atoms with Crippen LogP contribution in [0.3, 0.4) is 0 Å². The topological polar surface area (TPSA) is 86.8 Å². The van der Waals surface area contributed by atoms with Gasteiger partial charge in [0.1, 0.15) is 0 Å². The van der Waals surface area contributed by atoms with Crippen LogP contribution in [-0.4, -0.2) is 30.3 Å². The van der Waals surface area contributed by atoms with Crippen molar-refractivity contribution in [3.05, 3.63) is 114 Å². The molecule has 1 N–H and O–H groups in total. The van der Waals surface area contributed by atoms with Crippen LogP contribution in [0.1, 0.15) is 15.9 Å². The normalized spacial score (nSPS) is 11.8. The van der Waals surface area contributed by atoms with Gasteiger partial charge in [-0.2, -0.15) is 0 Å². The van der Waals surface area contributed by atoms with Gasteiger partial charge in [-0.15, -0.1) is 0 Å². The number of ether oxygens (including phenoxy) is 3. The summed E-state index contributed by atoms with van der Waals surface area (Å²) in [6.45, 7) is 0.0565. The highest BCUT2D eigenvalue weighted by atomic mass is 16.7. The molecule has 1 aliphatic rings. The Hall–Kier alpha value is -5.17. The predicted octanol–water partition coefficient (Wildman–Crippen LogP) is 5.77. The zero-order valence-electron chi connectivity index (χ0n) is 20.9. The highest BCUT2D eigenvalue weighted by Gasteiger charge is 2.17. The molecule has 0 fully saturated rings. The van der Waals surface area contributed by atoms with Gasteiger partial charge in [0.25, 0.3) is 5.91 Å². The predicted molar refractivity (Wildman–Crippen MR) is 147 cm³/mol. The molecule has 0 aliphatic carbocycles. The van der Waals surface area contributed by atoms with Gasteiger partial charge in [-0.25, -0.2) is 9.78 Å². The van der Waals surface area contributed by atoms with Crippen LogP contribution >= 0.6 is 0 Å². The minimum atomic E-state index is -0.589. The van der Waals surface area contributed by atoms with Crippen molar-refractivity contribution in [3.63, 3.8) is 0 Å². The SMILES string of the molecule is O=C(COC(=O)c1cc(-c2ccc(-c3ccccc3)cc2)nc2ccccc12)NCc1ccc2c(c1)OCO2. The van der Waals surface area contributed by atoms with Crippen LogP contribution in [0, 0.1) is 0 Å². The van der Waals surface area contributed by atoms with Gasteiger partial charge in [-0.1, -0.05) is 78.9 Å². The van der Waals surface area contributed by atoms with E-state index in [-0.39, 0.29) is 13.3 Å². The average Bonchev–Trinajstić information content (AvgIpc) is 3.47. The fraction of sp³-hybridized carbons (Fsp3) is 0.0938. The number of fused-ring (bicyclic) bond motifs is 2. The number of esters is 1. The second-order valence-electron chi connectivity index (χ2n) is 9.06. The molecule has 0 spiro atoms. The van der Waals surface area contributed by atoms with Crippen LogP contribution in [0.4, 0.5) is 0 Å². The third-order valence-electron chi connectivity index (χ3n) is 6.48. The van der Waals surface area contributed by atoms with E-state index in [2.05, 4.69) is 17.4 Å². The van der Waals surface area contributed by atoms with E-state index in [1.54, 1.807) is 12.1 Å². The maximum atomic E-state index is 13.1. The minimum Gasteiger partial charge on any atom is -0.454 e. The quantitative estimate of drug-likeness (QED) is 0.276. The number of amides is 1. The lowest BCUT2D eigenvalue weighted by molar-refractivity contribution is -0.124. The number of aromatic nitrogens is 1. The number of nitrogens with one attached hydrogen (secondary N) is 1. The fourth-order valence-electron chi connectivity index (χ4n) is 4.47. The first-order valence-electron chi connectivity index (χ1n) is 12.5. The van der Waals surface area contributed by atoms with Crippen LogP contribution in [-0.2, 0) is 16.1 Å². The highest BCUT2D eigenvalue weighted by molar-refractivity contribution is 6.05. The standard InChI is InChI=1S/C32H24N2O5/c35-31(33-18-21-10-15-29-30(16-21)39-20-38-29)19-37-32(36)26-17-28(34-27-9-5-4-8-25(26)27)24-13-11-23(12-14-24)22-6-2-1-3-7-22/h1-17H,18-20H2,(H,33,35). The van der Waals surface area contributed by atoms with Crippen LogP contribution in [0.25, 0.3) is 33.3 Å². The van der Waals surface area contributed by atoms with Gasteiger partial charge in [0.2, 0.25) is 6.79 Å². The maximum absolute atomic E-state index is 13.1. The number of para-hydroxylation sites is 1. The third-order valence-corrected chi connectivity index (χ3v) is 6.48. The van der Waals surface area contributed by atoms with Gasteiger partial charge in [0.05, 0.1) is 16.8 Å². The van der Waals surface area contributed by atoms with E-state index in [1.807, 2.05) is 78.9 Å². The summed E-state index contributed by atoms with van der Waals surface area (Å²) in [5.41, 5.74) is 5.60. The Kier molecular flexibility index (Phi) is 6.62. The molecule has 0 saturated heterocycles. The fourth-order valence-corrected chi connectivity index (χ4v) is 4.47. The smallest absolute Gasteiger partial charge is 0.339 e. The number of nitrogens with zero attached hydrogens (tertiary/aromatic N) is 1. The summed E-state index contributed by atoms with van der Waals surface area (Å²) in [6.07, 6.45) is 0. The molecule has 0 saturated carbocycles. The molecule has 0 unspecified atom stereocenters. The summed E-state index contributed by atoms with van der Waals surface area (Å²) in [4.78, 5) is 30.3. The summed E-state index contributed by atoms with van der Waals surface area (Å²) >= 11 is 0. The average molecular weight is 517 g/mol. The largest absolute Gasteiger partial charge is 0.454 e. The molecular formula is C32H24N2O5. The van der Waals surface area contributed by atoms with E-state index in [4.69, 9.17) is 19.2 Å². The van der Waals surface area contributed by atoms with E-state index in [0.29, 0.717) is 33.7 Å². The zero-order chi connectivity index (χ0) is 26.6. The molecule has 7 heteroatoms. The number of carbonyl (C=O) groups is 2. The van der Waals surface area contributed by atoms with E-state index in [0.717, 1.165) is 22.3 Å². The number of hydrogen-bond acceptors (Lipinski definition) is 6. The molecule has 2 heterocycles. The van der Waals surface area contributed by atoms with Crippen molar-refractivity contribution in [3.8, 4) is 33.9 Å². The molecule has 0 bridgehead atoms. The van der Waals surface area contributed by atoms with Gasteiger partial charge in [-0.05, 0) is 41.0 Å². The minimum absolute atomic E-state index is 0.186. The molecule has 39 heavy (non-hydrogen) atoms. The van der Waals surface area contributed by atoms with Crippen molar-refractivity contribution in [1.82, 2.24) is 10.3 Å². The van der Waals surface area contributed by atoms with Gasteiger partial charge in [0.15, 0.2) is 18.1 Å². The molecule has 0 atom stereocenters. The molecule has 1 aromatic heterocycles. The van der Waals surface area contributed by atoms with Gasteiger partial charge < -0.3 is 19.5 Å². The number of carbonyl (C=O) groups excluding carboxylic acids is 2. The van der Waals surface area contributed by atoms with Crippen LogP contribution in [0.15, 0.2) is 103 Å². The van der Waals surface area contributed by atoms with E-state index >= 15 is 0 Å². The number of rotatable bonds is 7. The summed E-state index contributed by atoms with van der Waals surface area (Å²) in [5, 5.41) is 3.43. The van der Waals surface area contributed by atoms with Gasteiger partial charge in [0, 0.05) is 17.5 Å². The van der Waals surface area contributed by atoms with Gasteiger partial charge >= 0.3 is 5.97 Å². The molecule has 6 rings (SSSR count). The first kappa shape index (κ1) is 24.2. The highest BCUT2D eigenvalue weighted by Crippen LogP contribution is 2.32. The van der Waals surface area contributed by atoms with Crippen molar-refractivity contribution >= 4 is 22.8 Å². The molecule has 4 aromatic carbocycles. The van der Waals surface area contributed by atoms with Crippen molar-refractivity contribution < 1.29 is 23.8 Å². The second-order valence-corrected chi connectivity index (χ2v) is 9.06. The lowest BCUT2D eigenvalue weighted by atomic mass is 10.0. The van der Waals surface area contributed by atoms with Gasteiger partial charge in [-0.3, -0.25) is 4.79 Å². The van der Waals surface area contributed by atoms with Crippen molar-refractivity contribution in [2.45, 2.75) is 6.54 Å². The first-order chi connectivity index (χ1) is 19.1. The molecule has 1 aliphatic heterocycles. The monoisotopic (exact) mass is 516 g/mol. The summed E-state index contributed by atoms with van der Waals surface area (Å²) in [6, 6.07) is 32.7. The molecular weight excluding hydrogens is 492 g/mol. The zero-order valence-corrected chi connectivity index (χ0v) is 20.9. The Balaban J connectivity index is 1.16. The summed E-state index contributed by atoms with van der Waals surface area (Å²) < 4.78 is 16.1. The van der Waals surface area contributed by atoms with E-state index in [9.17, 15) is 9.59 Å². The molecule has 192 valence electrons. The van der Waals surface area contributed by atoms with Crippen molar-refractivity contribution in [2.24, 2.45) is 0 Å². The number of hydrogen-bond donors (Lipinski definition) is 1. The third kappa shape index (κ3) is 5.29. The summed E-state index contributed by atoms with van der Waals surface area (Å²) in [7, 11) is 0. The maximum Gasteiger partial charge on any atom is 0.339 e. The summed E-state index contributed by atoms with van der Waals surface area (Å²) in [5.74, 6) is 0.323. The van der Waals surface area contributed by atoms with Crippen molar-refractivity contribution in [1.29, 1.82) is 0 Å². The molecule has 7 nitrogen and oxygen atoms in total.